The van der Waals surface area contributed by atoms with E-state index in [0.717, 1.165) is 16.5 Å². The molecule has 18 heavy (non-hydrogen) atoms. The molecule has 4 heteroatoms. The summed E-state index contributed by atoms with van der Waals surface area (Å²) in [4.78, 5) is 4.26. The Bertz CT molecular complexity index is 427. The van der Waals surface area contributed by atoms with E-state index in [4.69, 9.17) is 11.6 Å². The largest absolute Gasteiger partial charge is 0.354 e. The van der Waals surface area contributed by atoms with Crippen LogP contribution in [0.1, 0.15) is 37.8 Å². The van der Waals surface area contributed by atoms with Crippen LogP contribution in [-0.2, 0) is 0 Å². The molecule has 1 fully saturated rings. The minimum Gasteiger partial charge on any atom is -0.354 e. The molecule has 0 bridgehead atoms. The molecule has 1 aliphatic carbocycles. The molecule has 0 heterocycles. The second-order valence-corrected chi connectivity index (χ2v) is 5.14. The molecule has 0 aliphatic heterocycles. The van der Waals surface area contributed by atoms with Crippen LogP contribution in [-0.4, -0.2) is 19.0 Å². The zero-order chi connectivity index (χ0) is 13.0. The van der Waals surface area contributed by atoms with E-state index in [2.05, 4.69) is 22.5 Å². The highest BCUT2D eigenvalue weighted by atomic mass is 35.5. The fraction of sp³-hybridized carbons (Fsp3) is 0.500. The molecule has 0 radical (unpaired) electrons. The third-order valence-electron chi connectivity index (χ3n) is 3.39. The Morgan fingerprint density at radius 3 is 2.67 bits per heavy atom. The topological polar surface area (TPSA) is 36.4 Å². The predicted octanol–water partition coefficient (Wildman–Crippen LogP) is 3.12. The third-order valence-corrected chi connectivity index (χ3v) is 3.74. The van der Waals surface area contributed by atoms with Gasteiger partial charge in [0.05, 0.1) is 6.04 Å². The molecule has 1 aromatic carbocycles. The first-order chi connectivity index (χ1) is 8.70. The normalized spacial score (nSPS) is 18.1. The molecule has 0 aromatic heterocycles. The van der Waals surface area contributed by atoms with Gasteiger partial charge in [-0.3, -0.25) is 4.99 Å². The summed E-state index contributed by atoms with van der Waals surface area (Å²) in [5.41, 5.74) is 1.09. The van der Waals surface area contributed by atoms with E-state index in [1.54, 1.807) is 7.05 Å². The highest BCUT2D eigenvalue weighted by Gasteiger charge is 2.19. The lowest BCUT2D eigenvalue weighted by Crippen LogP contribution is -2.46. The molecule has 3 nitrogen and oxygen atoms in total. The fourth-order valence-electron chi connectivity index (χ4n) is 2.03. The Morgan fingerprint density at radius 1 is 1.39 bits per heavy atom. The molecular formula is C14H20ClN3. The van der Waals surface area contributed by atoms with Crippen LogP contribution in [0.4, 0.5) is 0 Å². The summed E-state index contributed by atoms with van der Waals surface area (Å²) in [6.45, 7) is 2.09. The van der Waals surface area contributed by atoms with Crippen molar-refractivity contribution in [2.75, 3.05) is 7.05 Å². The van der Waals surface area contributed by atoms with Crippen molar-refractivity contribution < 1.29 is 0 Å². The predicted molar refractivity (Wildman–Crippen MR) is 77.1 cm³/mol. The van der Waals surface area contributed by atoms with E-state index in [0.29, 0.717) is 6.04 Å². The molecule has 0 saturated heterocycles. The molecule has 1 atom stereocenters. The van der Waals surface area contributed by atoms with Crippen molar-refractivity contribution in [3.05, 3.63) is 34.9 Å². The summed E-state index contributed by atoms with van der Waals surface area (Å²) >= 11 is 6.19. The summed E-state index contributed by atoms with van der Waals surface area (Å²) in [5, 5.41) is 7.58. The van der Waals surface area contributed by atoms with Crippen molar-refractivity contribution in [3.8, 4) is 0 Å². The van der Waals surface area contributed by atoms with Crippen molar-refractivity contribution in [3.63, 3.8) is 0 Å². The molecule has 98 valence electrons. The van der Waals surface area contributed by atoms with E-state index < -0.39 is 0 Å². The highest BCUT2D eigenvalue weighted by Crippen LogP contribution is 2.22. The average Bonchev–Trinajstić information content (AvgIpc) is 2.32. The summed E-state index contributed by atoms with van der Waals surface area (Å²) in [6, 6.07) is 8.62. The maximum Gasteiger partial charge on any atom is 0.191 e. The standard InChI is InChI=1S/C14H20ClN3/c1-10(12-8-3-4-9-13(12)15)17-14(16-2)18-11-6-5-7-11/h3-4,8-11H,5-7H2,1-2H3,(H2,16,17,18). The summed E-state index contributed by atoms with van der Waals surface area (Å²) in [7, 11) is 1.80. The van der Waals surface area contributed by atoms with Crippen LogP contribution in [0.3, 0.4) is 0 Å². The van der Waals surface area contributed by atoms with Gasteiger partial charge in [-0.2, -0.15) is 0 Å². The van der Waals surface area contributed by atoms with Crippen molar-refractivity contribution in [2.45, 2.75) is 38.3 Å². The molecule has 2 rings (SSSR count). The van der Waals surface area contributed by atoms with Crippen molar-refractivity contribution >= 4 is 17.6 Å². The highest BCUT2D eigenvalue weighted by molar-refractivity contribution is 6.31. The molecule has 1 unspecified atom stereocenters. The number of nitrogens with zero attached hydrogens (tertiary/aromatic N) is 1. The van der Waals surface area contributed by atoms with Gasteiger partial charge in [-0.25, -0.2) is 0 Å². The lowest BCUT2D eigenvalue weighted by Gasteiger charge is -2.29. The van der Waals surface area contributed by atoms with Gasteiger partial charge in [0.2, 0.25) is 0 Å². The van der Waals surface area contributed by atoms with Gasteiger partial charge < -0.3 is 10.6 Å². The first-order valence-corrected chi connectivity index (χ1v) is 6.82. The van der Waals surface area contributed by atoms with Gasteiger partial charge in [0.15, 0.2) is 5.96 Å². The van der Waals surface area contributed by atoms with Crippen molar-refractivity contribution in [2.24, 2.45) is 4.99 Å². The first-order valence-electron chi connectivity index (χ1n) is 6.45. The molecule has 0 spiro atoms. The first kappa shape index (κ1) is 13.2. The number of hydrogen-bond donors (Lipinski definition) is 2. The zero-order valence-corrected chi connectivity index (χ0v) is 11.7. The molecule has 2 N–H and O–H groups in total. The Balaban J connectivity index is 1.96. The Labute approximate surface area is 114 Å². The minimum absolute atomic E-state index is 0.143. The van der Waals surface area contributed by atoms with E-state index in [9.17, 15) is 0 Å². The fourth-order valence-corrected chi connectivity index (χ4v) is 2.33. The summed E-state index contributed by atoms with van der Waals surface area (Å²) in [6.07, 6.45) is 3.79. The Morgan fingerprint density at radius 2 is 2.11 bits per heavy atom. The lowest BCUT2D eigenvalue weighted by molar-refractivity contribution is 0.378. The van der Waals surface area contributed by atoms with E-state index in [1.807, 2.05) is 24.3 Å². The Hall–Kier alpha value is -1.22. The van der Waals surface area contributed by atoms with Gasteiger partial charge in [-0.15, -0.1) is 0 Å². The Kier molecular flexibility index (Phi) is 4.48. The number of halogens is 1. The quantitative estimate of drug-likeness (QED) is 0.651. The second kappa shape index (κ2) is 6.10. The SMILES string of the molecule is CN=C(NC1CCC1)NC(C)c1ccccc1Cl. The molecule has 1 aromatic rings. The number of nitrogens with one attached hydrogen (secondary N) is 2. The van der Waals surface area contributed by atoms with Gasteiger partial charge in [0.1, 0.15) is 0 Å². The van der Waals surface area contributed by atoms with Crippen molar-refractivity contribution in [1.82, 2.24) is 10.6 Å². The van der Waals surface area contributed by atoms with E-state index in [-0.39, 0.29) is 6.04 Å². The van der Waals surface area contributed by atoms with Gasteiger partial charge >= 0.3 is 0 Å². The van der Waals surface area contributed by atoms with E-state index in [1.165, 1.54) is 19.3 Å². The number of hydrogen-bond acceptors (Lipinski definition) is 1. The van der Waals surface area contributed by atoms with Gasteiger partial charge in [-0.1, -0.05) is 29.8 Å². The van der Waals surface area contributed by atoms with Gasteiger partial charge in [0.25, 0.3) is 0 Å². The number of rotatable bonds is 3. The number of benzene rings is 1. The number of guanidine groups is 1. The molecule has 1 aliphatic rings. The van der Waals surface area contributed by atoms with Crippen LogP contribution < -0.4 is 10.6 Å². The van der Waals surface area contributed by atoms with Crippen LogP contribution in [0.15, 0.2) is 29.3 Å². The smallest absolute Gasteiger partial charge is 0.191 e. The number of aliphatic imine (C=N–C) groups is 1. The third kappa shape index (κ3) is 3.16. The minimum atomic E-state index is 0.143. The van der Waals surface area contributed by atoms with Crippen LogP contribution in [0.25, 0.3) is 0 Å². The van der Waals surface area contributed by atoms with Gasteiger partial charge in [0, 0.05) is 18.1 Å². The van der Waals surface area contributed by atoms with Gasteiger partial charge in [-0.05, 0) is 37.8 Å². The van der Waals surface area contributed by atoms with Crippen LogP contribution in [0.5, 0.6) is 0 Å². The molecule has 1 saturated carbocycles. The van der Waals surface area contributed by atoms with E-state index >= 15 is 0 Å². The van der Waals surface area contributed by atoms with Crippen LogP contribution in [0, 0.1) is 0 Å². The van der Waals surface area contributed by atoms with Crippen LogP contribution >= 0.6 is 11.6 Å². The summed E-state index contributed by atoms with van der Waals surface area (Å²) in [5.74, 6) is 0.854. The lowest BCUT2D eigenvalue weighted by atomic mass is 9.93. The van der Waals surface area contributed by atoms with Crippen molar-refractivity contribution in [1.29, 1.82) is 0 Å². The molecular weight excluding hydrogens is 246 g/mol. The maximum atomic E-state index is 6.19. The monoisotopic (exact) mass is 265 g/mol. The molecule has 0 amide bonds. The maximum absolute atomic E-state index is 6.19. The van der Waals surface area contributed by atoms with Crippen LogP contribution in [0.2, 0.25) is 5.02 Å². The summed E-state index contributed by atoms with van der Waals surface area (Å²) < 4.78 is 0. The average molecular weight is 266 g/mol. The second-order valence-electron chi connectivity index (χ2n) is 4.73. The zero-order valence-electron chi connectivity index (χ0n) is 10.9.